The molecule has 3 N–H and O–H groups in total. The molecule has 0 spiro atoms. The Bertz CT molecular complexity index is 1360. The number of piperazine rings is 1. The van der Waals surface area contributed by atoms with E-state index in [-0.39, 0.29) is 28.7 Å². The second-order valence-corrected chi connectivity index (χ2v) is 10.5. The third-order valence-electron chi connectivity index (χ3n) is 6.34. The summed E-state index contributed by atoms with van der Waals surface area (Å²) < 4.78 is 5.45. The zero-order chi connectivity index (χ0) is 28.2. The first-order chi connectivity index (χ1) is 18.5. The molecule has 1 heterocycles. The first-order valence-electron chi connectivity index (χ1n) is 12.8. The van der Waals surface area contributed by atoms with E-state index >= 15 is 0 Å². The van der Waals surface area contributed by atoms with Crippen LogP contribution in [0.1, 0.15) is 47.1 Å². The van der Waals surface area contributed by atoms with E-state index in [1.54, 1.807) is 29.2 Å². The van der Waals surface area contributed by atoms with Gasteiger partial charge in [-0.05, 0) is 61.7 Å². The Balaban J connectivity index is 1.46. The minimum absolute atomic E-state index is 0.0429. The molecule has 4 rings (SSSR count). The number of hydrogen-bond donors (Lipinski definition) is 3. The van der Waals surface area contributed by atoms with Crippen molar-refractivity contribution in [1.29, 1.82) is 0 Å². The second-order valence-electron chi connectivity index (χ2n) is 10.5. The summed E-state index contributed by atoms with van der Waals surface area (Å²) in [5.74, 6) is -1.99. The molecule has 1 fully saturated rings. The number of phenols is 1. The van der Waals surface area contributed by atoms with Crippen LogP contribution in [-0.2, 0) is 11.3 Å². The Hall–Kier alpha value is -4.37. The number of benzene rings is 3. The summed E-state index contributed by atoms with van der Waals surface area (Å²) in [5.41, 5.74) is 2.01. The largest absolute Gasteiger partial charge is 0.507 e. The van der Waals surface area contributed by atoms with E-state index in [2.05, 4.69) is 10.2 Å². The van der Waals surface area contributed by atoms with Crippen molar-refractivity contribution in [1.82, 2.24) is 9.80 Å². The molecule has 0 bridgehead atoms. The van der Waals surface area contributed by atoms with Gasteiger partial charge in [-0.3, -0.25) is 9.69 Å². The van der Waals surface area contributed by atoms with E-state index in [9.17, 15) is 24.6 Å². The smallest absolute Gasteiger partial charge is 0.410 e. The van der Waals surface area contributed by atoms with Gasteiger partial charge in [0.2, 0.25) is 0 Å². The van der Waals surface area contributed by atoms with Gasteiger partial charge in [-0.15, -0.1) is 0 Å². The summed E-state index contributed by atoms with van der Waals surface area (Å²) in [7, 11) is 0. The molecule has 0 atom stereocenters. The molecule has 3 aromatic rings. The summed E-state index contributed by atoms with van der Waals surface area (Å²) >= 11 is 0. The molecule has 39 heavy (non-hydrogen) atoms. The summed E-state index contributed by atoms with van der Waals surface area (Å²) in [4.78, 5) is 41.2. The van der Waals surface area contributed by atoms with Gasteiger partial charge in [0.15, 0.2) is 0 Å². The average Bonchev–Trinajstić information content (AvgIpc) is 2.89. The predicted octanol–water partition coefficient (Wildman–Crippen LogP) is 5.06. The summed E-state index contributed by atoms with van der Waals surface area (Å²) in [5, 5.41) is 22.8. The van der Waals surface area contributed by atoms with E-state index < -0.39 is 17.5 Å². The van der Waals surface area contributed by atoms with Gasteiger partial charge in [0, 0.05) is 32.7 Å². The number of nitrogens with one attached hydrogen (secondary N) is 1. The topological polar surface area (TPSA) is 119 Å². The molecule has 204 valence electrons. The standard InChI is InChI=1S/C30H33N3O6/c1-30(2,3)39-29(38)33-15-13-32(14-16-33)19-20-9-12-26(34)24(17-20)27(35)31-25-18-22(10-11-23(25)28(36)37)21-7-5-4-6-8-21/h4-12,17-18,34H,13-16,19H2,1-3H3,(H,31,35)(H,36,37). The van der Waals surface area contributed by atoms with Crippen LogP contribution in [0.3, 0.4) is 0 Å². The van der Waals surface area contributed by atoms with Crippen LogP contribution in [-0.4, -0.2) is 69.8 Å². The van der Waals surface area contributed by atoms with Crippen molar-refractivity contribution >= 4 is 23.7 Å². The molecule has 1 aliphatic heterocycles. The molecular formula is C30H33N3O6. The van der Waals surface area contributed by atoms with E-state index in [1.807, 2.05) is 51.1 Å². The lowest BCUT2D eigenvalue weighted by molar-refractivity contribution is 0.0138. The molecular weight excluding hydrogens is 498 g/mol. The number of carboxylic acids is 1. The zero-order valence-electron chi connectivity index (χ0n) is 22.3. The first kappa shape index (κ1) is 27.7. The fourth-order valence-electron chi connectivity index (χ4n) is 4.37. The normalized spacial score (nSPS) is 14.1. The number of amides is 2. The average molecular weight is 532 g/mol. The zero-order valence-corrected chi connectivity index (χ0v) is 22.3. The summed E-state index contributed by atoms with van der Waals surface area (Å²) in [6.45, 7) is 8.34. The molecule has 1 saturated heterocycles. The van der Waals surface area contributed by atoms with Gasteiger partial charge in [-0.2, -0.15) is 0 Å². The number of nitrogens with zero attached hydrogens (tertiary/aromatic N) is 2. The Labute approximate surface area is 227 Å². The molecule has 0 saturated carbocycles. The Kier molecular flexibility index (Phi) is 8.21. The number of aromatic carboxylic acids is 1. The Morgan fingerprint density at radius 2 is 1.56 bits per heavy atom. The minimum Gasteiger partial charge on any atom is -0.507 e. The third kappa shape index (κ3) is 7.14. The monoisotopic (exact) mass is 531 g/mol. The van der Waals surface area contributed by atoms with Crippen LogP contribution in [0.25, 0.3) is 11.1 Å². The number of carboxylic acid groups (broad SMARTS) is 1. The molecule has 1 aliphatic rings. The first-order valence-corrected chi connectivity index (χ1v) is 12.8. The van der Waals surface area contributed by atoms with Gasteiger partial charge >= 0.3 is 12.1 Å². The molecule has 2 amide bonds. The molecule has 0 aliphatic carbocycles. The highest BCUT2D eigenvalue weighted by Gasteiger charge is 2.26. The fourth-order valence-corrected chi connectivity index (χ4v) is 4.37. The second kappa shape index (κ2) is 11.6. The number of hydrogen-bond acceptors (Lipinski definition) is 6. The lowest BCUT2D eigenvalue weighted by Crippen LogP contribution is -2.49. The predicted molar refractivity (Wildman–Crippen MR) is 148 cm³/mol. The lowest BCUT2D eigenvalue weighted by Gasteiger charge is -2.35. The van der Waals surface area contributed by atoms with Crippen molar-refractivity contribution in [3.8, 4) is 16.9 Å². The number of carbonyl (C=O) groups excluding carboxylic acids is 2. The van der Waals surface area contributed by atoms with E-state index in [4.69, 9.17) is 4.74 Å². The number of aromatic hydroxyl groups is 1. The number of phenolic OH excluding ortho intramolecular Hbond substituents is 1. The Morgan fingerprint density at radius 3 is 2.21 bits per heavy atom. The van der Waals surface area contributed by atoms with Gasteiger partial charge in [-0.1, -0.05) is 42.5 Å². The van der Waals surface area contributed by atoms with Crippen molar-refractivity contribution in [2.45, 2.75) is 32.9 Å². The van der Waals surface area contributed by atoms with Gasteiger partial charge in [0.25, 0.3) is 5.91 Å². The quantitative estimate of drug-likeness (QED) is 0.407. The highest BCUT2D eigenvalue weighted by Crippen LogP contribution is 2.28. The van der Waals surface area contributed by atoms with Gasteiger partial charge in [-0.25, -0.2) is 9.59 Å². The maximum Gasteiger partial charge on any atom is 0.410 e. The lowest BCUT2D eigenvalue weighted by atomic mass is 10.0. The highest BCUT2D eigenvalue weighted by atomic mass is 16.6. The Morgan fingerprint density at radius 1 is 0.872 bits per heavy atom. The number of anilines is 1. The molecule has 9 nitrogen and oxygen atoms in total. The summed E-state index contributed by atoms with van der Waals surface area (Å²) in [6.07, 6.45) is -0.331. The van der Waals surface area contributed by atoms with Gasteiger partial charge in [0.05, 0.1) is 16.8 Å². The van der Waals surface area contributed by atoms with Crippen molar-refractivity contribution in [2.75, 3.05) is 31.5 Å². The molecule has 0 aromatic heterocycles. The van der Waals surface area contributed by atoms with Crippen molar-refractivity contribution in [3.05, 3.63) is 83.4 Å². The SMILES string of the molecule is CC(C)(C)OC(=O)N1CCN(Cc2ccc(O)c(C(=O)Nc3cc(-c4ccccc4)ccc3C(=O)O)c2)CC1. The molecule has 3 aromatic carbocycles. The van der Waals surface area contributed by atoms with E-state index in [1.165, 1.54) is 12.1 Å². The highest BCUT2D eigenvalue weighted by molar-refractivity contribution is 6.09. The van der Waals surface area contributed by atoms with Gasteiger partial charge in [0.1, 0.15) is 11.4 Å². The van der Waals surface area contributed by atoms with Crippen molar-refractivity contribution in [3.63, 3.8) is 0 Å². The molecule has 0 unspecified atom stereocenters. The van der Waals surface area contributed by atoms with Crippen LogP contribution in [0.5, 0.6) is 5.75 Å². The van der Waals surface area contributed by atoms with Gasteiger partial charge < -0.3 is 25.2 Å². The number of ether oxygens (including phenoxy) is 1. The number of carbonyl (C=O) groups is 3. The molecule has 0 radical (unpaired) electrons. The van der Waals surface area contributed by atoms with E-state index in [0.717, 1.165) is 16.7 Å². The summed E-state index contributed by atoms with van der Waals surface area (Å²) in [6, 6.07) is 19.0. The number of rotatable bonds is 6. The van der Waals surface area contributed by atoms with Crippen LogP contribution in [0.4, 0.5) is 10.5 Å². The van der Waals surface area contributed by atoms with Crippen molar-refractivity contribution < 1.29 is 29.3 Å². The maximum absolute atomic E-state index is 13.2. The molecule has 9 heteroatoms. The minimum atomic E-state index is -1.17. The van der Waals surface area contributed by atoms with E-state index in [0.29, 0.717) is 32.7 Å². The van der Waals surface area contributed by atoms with Crippen LogP contribution in [0.2, 0.25) is 0 Å². The van der Waals surface area contributed by atoms with Crippen LogP contribution in [0.15, 0.2) is 66.7 Å². The maximum atomic E-state index is 13.2. The fraction of sp³-hybridized carbons (Fsp3) is 0.300. The van der Waals surface area contributed by atoms with Crippen LogP contribution < -0.4 is 5.32 Å². The third-order valence-corrected chi connectivity index (χ3v) is 6.34. The van der Waals surface area contributed by atoms with Crippen molar-refractivity contribution in [2.24, 2.45) is 0 Å². The van der Waals surface area contributed by atoms with Crippen LogP contribution in [0, 0.1) is 0 Å². The van der Waals surface area contributed by atoms with Crippen LogP contribution >= 0.6 is 0 Å².